The molecule has 1 rings (SSSR count). The molecule has 0 heterocycles. The lowest BCUT2D eigenvalue weighted by atomic mass is 10.0. The Hall–Kier alpha value is -2.43. The zero-order chi connectivity index (χ0) is 20.6. The highest BCUT2D eigenvalue weighted by Gasteiger charge is 2.27. The summed E-state index contributed by atoms with van der Waals surface area (Å²) in [5, 5.41) is 33.7. The third-order valence-corrected chi connectivity index (χ3v) is 3.71. The molecule has 0 bridgehead atoms. The molecule has 10 nitrogen and oxygen atoms in total. The molecule has 1 aromatic rings. The average molecular weight is 422 g/mol. The van der Waals surface area contributed by atoms with Gasteiger partial charge in [0.1, 0.15) is 12.7 Å². The van der Waals surface area contributed by atoms with E-state index in [1.165, 1.54) is 12.1 Å². The number of halogens is 2. The normalized spacial score (nSPS) is 12.9. The maximum Gasteiger partial charge on any atom is 0.306 e. The maximum absolute atomic E-state index is 11.7. The van der Waals surface area contributed by atoms with Crippen LogP contribution in [0.15, 0.2) is 24.3 Å². The van der Waals surface area contributed by atoms with Gasteiger partial charge in [-0.2, -0.15) is 0 Å². The summed E-state index contributed by atoms with van der Waals surface area (Å²) in [6.45, 7) is -0.518. The molecule has 0 aliphatic heterocycles. The van der Waals surface area contributed by atoms with Crippen LogP contribution in [0.4, 0.5) is 5.69 Å². The number of carbonyl (C=O) groups is 3. The van der Waals surface area contributed by atoms with Crippen molar-refractivity contribution < 1.29 is 34.3 Å². The molecule has 0 unspecified atom stereocenters. The number of ether oxygens (including phenoxy) is 1. The number of carboxylic acids is 1. The average Bonchev–Trinajstić information content (AvgIpc) is 2.62. The first-order valence-corrected chi connectivity index (χ1v) is 8.35. The Bertz CT molecular complexity index is 696. The minimum absolute atomic E-state index is 0.192. The lowest BCUT2D eigenvalue weighted by Gasteiger charge is -2.24. The van der Waals surface area contributed by atoms with Crippen molar-refractivity contribution in [3.05, 3.63) is 39.9 Å². The molecule has 0 aliphatic rings. The van der Waals surface area contributed by atoms with Crippen molar-refractivity contribution in [1.82, 2.24) is 5.32 Å². The zero-order valence-corrected chi connectivity index (χ0v) is 15.2. The van der Waals surface area contributed by atoms with Crippen molar-refractivity contribution in [1.29, 1.82) is 0 Å². The Balaban J connectivity index is 2.85. The molecule has 0 radical (unpaired) electrons. The Morgan fingerprint density at radius 2 is 1.78 bits per heavy atom. The number of amides is 1. The Labute approximate surface area is 163 Å². The lowest BCUT2D eigenvalue weighted by molar-refractivity contribution is -0.384. The van der Waals surface area contributed by atoms with Crippen LogP contribution in [0.2, 0.25) is 0 Å². The Morgan fingerprint density at radius 3 is 2.26 bits per heavy atom. The van der Waals surface area contributed by atoms with Crippen LogP contribution in [0, 0.1) is 10.1 Å². The Kier molecular flexibility index (Phi) is 8.92. The van der Waals surface area contributed by atoms with Gasteiger partial charge in [-0.25, -0.2) is 0 Å². The van der Waals surface area contributed by atoms with E-state index in [0.717, 1.165) is 12.1 Å². The lowest BCUT2D eigenvalue weighted by Crippen LogP contribution is -2.45. The predicted octanol–water partition coefficient (Wildman–Crippen LogP) is -0.01000. The number of hydrogen-bond donors (Lipinski definition) is 2. The fraction of sp³-hybridized carbons (Fsp3) is 0.400. The molecule has 2 N–H and O–H groups in total. The van der Waals surface area contributed by atoms with Gasteiger partial charge in [0, 0.05) is 18.1 Å². The van der Waals surface area contributed by atoms with Crippen molar-refractivity contribution in [3.8, 4) is 0 Å². The first-order chi connectivity index (χ1) is 12.6. The molecule has 148 valence electrons. The third kappa shape index (κ3) is 7.77. The van der Waals surface area contributed by atoms with Crippen molar-refractivity contribution in [3.63, 3.8) is 0 Å². The van der Waals surface area contributed by atoms with E-state index in [1.807, 2.05) is 0 Å². The number of alkyl halides is 2. The summed E-state index contributed by atoms with van der Waals surface area (Å²) in [7, 11) is 0. The third-order valence-electron chi connectivity index (χ3n) is 3.31. The van der Waals surface area contributed by atoms with E-state index in [1.54, 1.807) is 0 Å². The number of nitro benzene ring substituents is 1. The molecule has 27 heavy (non-hydrogen) atoms. The molecule has 0 aromatic heterocycles. The number of esters is 1. The van der Waals surface area contributed by atoms with Crippen LogP contribution in [0.5, 0.6) is 0 Å². The molecule has 12 heteroatoms. The molecule has 2 atom stereocenters. The zero-order valence-electron chi connectivity index (χ0n) is 13.7. The smallest absolute Gasteiger partial charge is 0.306 e. The molecule has 0 aliphatic carbocycles. The molecule has 1 aromatic carbocycles. The van der Waals surface area contributed by atoms with Gasteiger partial charge in [0.05, 0.1) is 17.4 Å². The summed E-state index contributed by atoms with van der Waals surface area (Å²) in [4.78, 5) is 42.1. The number of non-ortho nitro benzene ring substituents is 1. The van der Waals surface area contributed by atoms with Gasteiger partial charge in [-0.15, -0.1) is 0 Å². The maximum atomic E-state index is 11.7. The van der Waals surface area contributed by atoms with Crippen LogP contribution < -0.4 is 10.4 Å². The number of aliphatic hydroxyl groups excluding tert-OH is 1. The van der Waals surface area contributed by atoms with E-state index < -0.39 is 59.2 Å². The van der Waals surface area contributed by atoms with Crippen LogP contribution in [0.1, 0.15) is 24.5 Å². The molecule has 1 amide bonds. The number of aliphatic carboxylic acids is 1. The van der Waals surface area contributed by atoms with Crippen LogP contribution >= 0.6 is 23.2 Å². The van der Waals surface area contributed by atoms with Crippen molar-refractivity contribution >= 4 is 46.7 Å². The molecule has 0 spiro atoms. The predicted molar refractivity (Wildman–Crippen MR) is 90.7 cm³/mol. The van der Waals surface area contributed by atoms with E-state index in [4.69, 9.17) is 27.9 Å². The SMILES string of the molecule is O=C([O-])CCC(=O)OC[C@@H](NC(=O)C(Cl)Cl)[C@H](O)c1ccc([N+](=O)[O-])cc1. The van der Waals surface area contributed by atoms with Crippen molar-refractivity contribution in [2.24, 2.45) is 0 Å². The molecular weight excluding hydrogens is 407 g/mol. The van der Waals surface area contributed by atoms with Crippen LogP contribution in [-0.4, -0.2) is 45.4 Å². The minimum Gasteiger partial charge on any atom is -0.550 e. The first kappa shape index (κ1) is 22.6. The van der Waals surface area contributed by atoms with Gasteiger partial charge in [0.25, 0.3) is 11.6 Å². The van der Waals surface area contributed by atoms with E-state index >= 15 is 0 Å². The number of rotatable bonds is 10. The number of hydrogen-bond acceptors (Lipinski definition) is 8. The summed E-state index contributed by atoms with van der Waals surface area (Å²) in [6, 6.07) is 3.63. The summed E-state index contributed by atoms with van der Waals surface area (Å²) in [6.07, 6.45) is -2.42. The fourth-order valence-electron chi connectivity index (χ4n) is 1.94. The fourth-order valence-corrected chi connectivity index (χ4v) is 2.07. The van der Waals surface area contributed by atoms with E-state index in [2.05, 4.69) is 5.32 Å². The number of nitrogens with one attached hydrogen (secondary N) is 1. The van der Waals surface area contributed by atoms with Crippen LogP contribution in [0.25, 0.3) is 0 Å². The number of nitrogens with zero attached hydrogens (tertiary/aromatic N) is 1. The highest BCUT2D eigenvalue weighted by molar-refractivity contribution is 6.53. The van der Waals surface area contributed by atoms with Gasteiger partial charge in [0.15, 0.2) is 4.84 Å². The van der Waals surface area contributed by atoms with E-state index in [0.29, 0.717) is 0 Å². The van der Waals surface area contributed by atoms with Gasteiger partial charge in [0.2, 0.25) is 0 Å². The second-order valence-electron chi connectivity index (χ2n) is 5.26. The van der Waals surface area contributed by atoms with Crippen LogP contribution in [0.3, 0.4) is 0 Å². The number of benzene rings is 1. The van der Waals surface area contributed by atoms with Gasteiger partial charge in [-0.05, 0) is 24.1 Å². The van der Waals surface area contributed by atoms with E-state index in [-0.39, 0.29) is 11.3 Å². The number of aliphatic hydroxyl groups is 1. The molecule has 0 saturated carbocycles. The highest BCUT2D eigenvalue weighted by atomic mass is 35.5. The monoisotopic (exact) mass is 421 g/mol. The number of carboxylic acid groups (broad SMARTS) is 1. The molecule has 0 fully saturated rings. The van der Waals surface area contributed by atoms with Crippen molar-refractivity contribution in [2.75, 3.05) is 6.61 Å². The standard InChI is InChI=1S/C15H16Cl2N2O8/c16-14(17)15(24)18-10(7-27-12(22)6-5-11(20)21)13(23)8-1-3-9(4-2-8)19(25)26/h1-4,10,13-14,23H,5-7H2,(H,18,24)(H,20,21)/p-1/t10-,13-/m1/s1. The summed E-state index contributed by atoms with van der Waals surface area (Å²) in [5.41, 5.74) is -0.0146. The Morgan fingerprint density at radius 1 is 1.19 bits per heavy atom. The second-order valence-corrected chi connectivity index (χ2v) is 6.36. The summed E-state index contributed by atoms with van der Waals surface area (Å²) < 4.78 is 4.84. The molecular formula is C15H15Cl2N2O8-. The topological polar surface area (TPSA) is 159 Å². The largest absolute Gasteiger partial charge is 0.550 e. The minimum atomic E-state index is -1.45. The number of carbonyl (C=O) groups excluding carboxylic acids is 3. The quantitative estimate of drug-likeness (QED) is 0.231. The second kappa shape index (κ2) is 10.7. The highest BCUT2D eigenvalue weighted by Crippen LogP contribution is 2.21. The summed E-state index contributed by atoms with van der Waals surface area (Å²) in [5.74, 6) is -3.19. The first-order valence-electron chi connectivity index (χ1n) is 7.48. The molecule has 0 saturated heterocycles. The van der Waals surface area contributed by atoms with Crippen LogP contribution in [-0.2, 0) is 19.1 Å². The van der Waals surface area contributed by atoms with Gasteiger partial charge >= 0.3 is 5.97 Å². The van der Waals surface area contributed by atoms with Crippen molar-refractivity contribution in [2.45, 2.75) is 29.8 Å². The van der Waals surface area contributed by atoms with E-state index in [9.17, 15) is 34.7 Å². The van der Waals surface area contributed by atoms with Gasteiger partial charge in [-0.1, -0.05) is 23.2 Å². The number of nitro groups is 1. The summed E-state index contributed by atoms with van der Waals surface area (Å²) >= 11 is 10.9. The van der Waals surface area contributed by atoms with Gasteiger partial charge < -0.3 is 25.1 Å². The van der Waals surface area contributed by atoms with Gasteiger partial charge in [-0.3, -0.25) is 19.7 Å².